The van der Waals surface area contributed by atoms with Gasteiger partial charge >= 0.3 is 0 Å². The van der Waals surface area contributed by atoms with Crippen molar-refractivity contribution in [3.63, 3.8) is 0 Å². The Labute approximate surface area is 118 Å². The molecular weight excluding hydrogens is 269 g/mol. The molecule has 0 aromatic rings. The van der Waals surface area contributed by atoms with Gasteiger partial charge in [-0.3, -0.25) is 4.90 Å². The third-order valence-electron chi connectivity index (χ3n) is 4.48. The first kappa shape index (κ1) is 16.0. The Hall–Kier alpha value is -0.330. The summed E-state index contributed by atoms with van der Waals surface area (Å²) in [7, 11) is 0. The molecule has 0 amide bonds. The molecule has 0 radical (unpaired) electrons. The van der Waals surface area contributed by atoms with Crippen LogP contribution in [0, 0.1) is 0 Å². The van der Waals surface area contributed by atoms with E-state index in [2.05, 4.69) is 0 Å². The summed E-state index contributed by atoms with van der Waals surface area (Å²) in [5, 5.41) is 0. The molecule has 0 spiro atoms. The van der Waals surface area contributed by atoms with Crippen molar-refractivity contribution in [1.82, 2.24) is 4.90 Å². The Kier molecular flexibility index (Phi) is 4.97. The van der Waals surface area contributed by atoms with Gasteiger partial charge in [0.1, 0.15) is 6.17 Å². The van der Waals surface area contributed by atoms with E-state index in [9.17, 15) is 13.2 Å². The number of nitrogens with two attached hydrogens (primary N) is 1. The molecule has 4 atom stereocenters. The van der Waals surface area contributed by atoms with Gasteiger partial charge in [-0.25, -0.2) is 13.2 Å². The molecule has 6 heteroatoms. The number of piperidine rings is 1. The highest BCUT2D eigenvalue weighted by atomic mass is 19.3. The van der Waals surface area contributed by atoms with Crippen molar-refractivity contribution in [2.24, 2.45) is 5.73 Å². The van der Waals surface area contributed by atoms with E-state index in [0.717, 1.165) is 6.54 Å². The lowest BCUT2D eigenvalue weighted by molar-refractivity contribution is -0.154. The third kappa shape index (κ3) is 3.46. The van der Waals surface area contributed by atoms with Gasteiger partial charge in [-0.2, -0.15) is 0 Å². The molecule has 1 aliphatic heterocycles. The lowest BCUT2D eigenvalue weighted by Gasteiger charge is -2.41. The summed E-state index contributed by atoms with van der Waals surface area (Å²) in [5.41, 5.74) is 5.59. The van der Waals surface area contributed by atoms with Gasteiger partial charge in [-0.1, -0.05) is 0 Å². The molecule has 2 fully saturated rings. The number of nitrogens with zero attached hydrogens (tertiary/aromatic N) is 1. The molecule has 0 unspecified atom stereocenters. The minimum Gasteiger partial charge on any atom is -0.370 e. The highest BCUT2D eigenvalue weighted by Gasteiger charge is 2.46. The summed E-state index contributed by atoms with van der Waals surface area (Å²) in [6.07, 6.45) is -1.25. The van der Waals surface area contributed by atoms with Crippen LogP contribution < -0.4 is 5.73 Å². The first-order valence-electron chi connectivity index (χ1n) is 7.48. The first-order valence-corrected chi connectivity index (χ1v) is 7.48. The van der Waals surface area contributed by atoms with Gasteiger partial charge in [0.05, 0.1) is 18.2 Å². The maximum absolute atomic E-state index is 14.1. The summed E-state index contributed by atoms with van der Waals surface area (Å²) in [4.78, 5) is 2.04. The minimum absolute atomic E-state index is 0.196. The predicted octanol–water partition coefficient (Wildman–Crippen LogP) is 2.34. The predicted molar refractivity (Wildman–Crippen MR) is 71.7 cm³/mol. The fourth-order valence-electron chi connectivity index (χ4n) is 3.06. The van der Waals surface area contributed by atoms with E-state index in [0.29, 0.717) is 25.8 Å². The fourth-order valence-corrected chi connectivity index (χ4v) is 3.06. The van der Waals surface area contributed by atoms with Crippen LogP contribution >= 0.6 is 0 Å². The molecule has 3 nitrogen and oxygen atoms in total. The van der Waals surface area contributed by atoms with Gasteiger partial charge in [0.15, 0.2) is 0 Å². The zero-order valence-corrected chi connectivity index (χ0v) is 12.2. The molecule has 1 saturated carbocycles. The average Bonchev–Trinajstić information content (AvgIpc) is 2.37. The Morgan fingerprint density at radius 3 is 2.55 bits per heavy atom. The average molecular weight is 294 g/mol. The first-order chi connectivity index (χ1) is 9.31. The smallest absolute Gasteiger partial charge is 0.265 e. The molecule has 20 heavy (non-hydrogen) atoms. The van der Waals surface area contributed by atoms with Gasteiger partial charge in [0.25, 0.3) is 5.92 Å². The number of ether oxygens (including phenoxy) is 1. The van der Waals surface area contributed by atoms with Crippen molar-refractivity contribution in [2.45, 2.75) is 75.9 Å². The van der Waals surface area contributed by atoms with Crippen LogP contribution in [0.5, 0.6) is 0 Å². The largest absolute Gasteiger partial charge is 0.370 e. The van der Waals surface area contributed by atoms with E-state index in [-0.39, 0.29) is 12.5 Å². The Morgan fingerprint density at radius 2 is 1.95 bits per heavy atom. The van der Waals surface area contributed by atoms with Crippen LogP contribution in [0.2, 0.25) is 0 Å². The van der Waals surface area contributed by atoms with E-state index >= 15 is 0 Å². The number of halogens is 3. The summed E-state index contributed by atoms with van der Waals surface area (Å²) >= 11 is 0. The standard InChI is InChI=1S/C14H25F3N2O/c1-9(2)19-7-5-11(10(15)8-19)20-12-4-3-6-14(16,17)13(12)18/h9-13H,3-8,18H2,1-2H3/t10-,11+,12-,13+/m0/s1. The van der Waals surface area contributed by atoms with Crippen LogP contribution in [0.1, 0.15) is 39.5 Å². The van der Waals surface area contributed by atoms with Crippen LogP contribution in [0.3, 0.4) is 0 Å². The Morgan fingerprint density at radius 1 is 1.25 bits per heavy atom. The summed E-state index contributed by atoms with van der Waals surface area (Å²) in [6.45, 7) is 5.08. The van der Waals surface area contributed by atoms with Crippen molar-refractivity contribution >= 4 is 0 Å². The van der Waals surface area contributed by atoms with E-state index in [1.54, 1.807) is 0 Å². The van der Waals surface area contributed by atoms with Crippen LogP contribution in [0.15, 0.2) is 0 Å². The van der Waals surface area contributed by atoms with Crippen LogP contribution in [-0.4, -0.2) is 54.4 Å². The van der Waals surface area contributed by atoms with Gasteiger partial charge in [-0.05, 0) is 33.1 Å². The van der Waals surface area contributed by atoms with E-state index in [1.165, 1.54) is 0 Å². The maximum atomic E-state index is 14.1. The van der Waals surface area contributed by atoms with Crippen LogP contribution in [-0.2, 0) is 4.74 Å². The van der Waals surface area contributed by atoms with Crippen LogP contribution in [0.25, 0.3) is 0 Å². The number of alkyl halides is 3. The summed E-state index contributed by atoms with van der Waals surface area (Å²) in [6, 6.07) is -1.03. The number of likely N-dealkylation sites (tertiary alicyclic amines) is 1. The normalized spacial score (nSPS) is 39.1. The maximum Gasteiger partial charge on any atom is 0.265 e. The molecule has 0 aromatic carbocycles. The minimum atomic E-state index is -2.90. The summed E-state index contributed by atoms with van der Waals surface area (Å²) < 4.78 is 46.9. The van der Waals surface area contributed by atoms with E-state index in [1.807, 2.05) is 18.7 Å². The highest BCUT2D eigenvalue weighted by Crippen LogP contribution is 2.35. The van der Waals surface area contributed by atoms with Gasteiger partial charge < -0.3 is 10.5 Å². The van der Waals surface area contributed by atoms with Crippen molar-refractivity contribution in [3.8, 4) is 0 Å². The lowest BCUT2D eigenvalue weighted by Crippen LogP contribution is -2.56. The second-order valence-corrected chi connectivity index (χ2v) is 6.29. The molecule has 1 saturated heterocycles. The topological polar surface area (TPSA) is 38.5 Å². The molecule has 2 N–H and O–H groups in total. The molecule has 1 aliphatic carbocycles. The molecule has 2 rings (SSSR count). The second-order valence-electron chi connectivity index (χ2n) is 6.29. The highest BCUT2D eigenvalue weighted by molar-refractivity contribution is 4.93. The summed E-state index contributed by atoms with van der Waals surface area (Å²) in [5.74, 6) is -2.90. The quantitative estimate of drug-likeness (QED) is 0.868. The fraction of sp³-hybridized carbons (Fsp3) is 1.00. The molecular formula is C14H25F3N2O. The van der Waals surface area contributed by atoms with Gasteiger partial charge in [0, 0.05) is 25.6 Å². The Balaban J connectivity index is 1.90. The van der Waals surface area contributed by atoms with Crippen molar-refractivity contribution in [2.75, 3.05) is 13.1 Å². The van der Waals surface area contributed by atoms with Crippen molar-refractivity contribution in [3.05, 3.63) is 0 Å². The Bertz CT molecular complexity index is 328. The molecule has 0 aromatic heterocycles. The van der Waals surface area contributed by atoms with E-state index < -0.39 is 30.3 Å². The third-order valence-corrected chi connectivity index (χ3v) is 4.48. The van der Waals surface area contributed by atoms with E-state index in [4.69, 9.17) is 10.5 Å². The number of hydrogen-bond acceptors (Lipinski definition) is 3. The second kappa shape index (κ2) is 6.20. The monoisotopic (exact) mass is 294 g/mol. The zero-order valence-electron chi connectivity index (χ0n) is 12.2. The molecule has 1 heterocycles. The molecule has 2 aliphatic rings. The lowest BCUT2D eigenvalue weighted by atomic mass is 9.89. The number of hydrogen-bond donors (Lipinski definition) is 1. The van der Waals surface area contributed by atoms with Crippen molar-refractivity contribution < 1.29 is 17.9 Å². The molecule has 0 bridgehead atoms. The van der Waals surface area contributed by atoms with Gasteiger partial charge in [-0.15, -0.1) is 0 Å². The van der Waals surface area contributed by atoms with Gasteiger partial charge in [0.2, 0.25) is 0 Å². The molecule has 118 valence electrons. The number of rotatable bonds is 3. The van der Waals surface area contributed by atoms with Crippen molar-refractivity contribution in [1.29, 1.82) is 0 Å². The zero-order chi connectivity index (χ0) is 14.9. The SMILES string of the molecule is CC(C)N1CC[C@@H](O[C@H]2CCCC(F)(F)[C@@H]2N)[C@@H](F)C1. The van der Waals surface area contributed by atoms with Crippen LogP contribution in [0.4, 0.5) is 13.2 Å².